The number of aromatic hydroxyl groups is 1. The Morgan fingerprint density at radius 1 is 1.09 bits per heavy atom. The van der Waals surface area contributed by atoms with Gasteiger partial charge in [0.05, 0.1) is 4.47 Å². The van der Waals surface area contributed by atoms with E-state index in [1.54, 1.807) is 24.3 Å². The first-order valence-corrected chi connectivity index (χ1v) is 8.11. The molecule has 0 unspecified atom stereocenters. The number of amides is 1. The second-order valence-corrected chi connectivity index (χ2v) is 6.57. The first-order valence-electron chi connectivity index (χ1n) is 6.53. The molecule has 22 heavy (non-hydrogen) atoms. The van der Waals surface area contributed by atoms with E-state index in [1.807, 2.05) is 30.3 Å². The van der Waals surface area contributed by atoms with Gasteiger partial charge in [0.1, 0.15) is 5.75 Å². The fraction of sp³-hybridized carbons (Fsp3) is 0. The number of carbonyl (C=O) groups is 1. The summed E-state index contributed by atoms with van der Waals surface area (Å²) in [5, 5.41) is 12.9. The third-order valence-electron chi connectivity index (χ3n) is 3.26. The van der Waals surface area contributed by atoms with Crippen molar-refractivity contribution in [2.24, 2.45) is 0 Å². The molecular weight excluding hydrogens is 410 g/mol. The molecule has 0 radical (unpaired) electrons. The maximum Gasteiger partial charge on any atom is 0.255 e. The van der Waals surface area contributed by atoms with Crippen LogP contribution in [-0.2, 0) is 4.79 Å². The highest BCUT2D eigenvalue weighted by atomic mass is 79.9. The Hall–Kier alpha value is -1.85. The fourth-order valence-corrected chi connectivity index (χ4v) is 3.45. The highest BCUT2D eigenvalue weighted by molar-refractivity contribution is 9.11. The summed E-state index contributed by atoms with van der Waals surface area (Å²) in [7, 11) is 0. The van der Waals surface area contributed by atoms with E-state index in [2.05, 4.69) is 37.2 Å². The topological polar surface area (TPSA) is 49.3 Å². The number of phenolic OH excluding ortho intramolecular Hbond substituents is 1. The Morgan fingerprint density at radius 3 is 2.55 bits per heavy atom. The minimum absolute atomic E-state index is 0.102. The number of hydrogen-bond donors (Lipinski definition) is 2. The second kappa shape index (κ2) is 6.10. The van der Waals surface area contributed by atoms with Crippen LogP contribution in [-0.4, -0.2) is 11.0 Å². The number of nitrogens with one attached hydrogen (secondary N) is 1. The van der Waals surface area contributed by atoms with Gasteiger partial charge in [-0.3, -0.25) is 4.79 Å². The Labute approximate surface area is 144 Å². The van der Waals surface area contributed by atoms with E-state index in [9.17, 15) is 9.90 Å². The maximum atomic E-state index is 12.1. The van der Waals surface area contributed by atoms with Crippen LogP contribution in [0.5, 0.6) is 5.75 Å². The van der Waals surface area contributed by atoms with Crippen LogP contribution in [0.2, 0.25) is 0 Å². The van der Waals surface area contributed by atoms with Crippen LogP contribution in [0.15, 0.2) is 63.1 Å². The number of hydrogen-bond acceptors (Lipinski definition) is 2. The molecule has 0 spiro atoms. The Balaban J connectivity index is 2.02. The van der Waals surface area contributed by atoms with E-state index in [0.29, 0.717) is 15.6 Å². The molecule has 0 aliphatic carbocycles. The lowest BCUT2D eigenvalue weighted by Gasteiger charge is -2.04. The lowest BCUT2D eigenvalue weighted by atomic mass is 10.1. The third kappa shape index (κ3) is 3.00. The lowest BCUT2D eigenvalue weighted by molar-refractivity contribution is -0.115. The minimum atomic E-state index is -0.186. The Kier molecular flexibility index (Phi) is 4.18. The van der Waals surface area contributed by atoms with E-state index < -0.39 is 0 Å². The van der Waals surface area contributed by atoms with Gasteiger partial charge in [-0.15, -0.1) is 0 Å². The summed E-state index contributed by atoms with van der Waals surface area (Å²) in [5.74, 6) is -0.0839. The zero-order chi connectivity index (χ0) is 15.7. The standard InChI is InChI=1S/C17H11Br2NO2/c18-13-7-11(16(21)14(19)9-13)6-12-8-15(20-17(12)22)10-4-2-1-3-5-10/h1-9,21H,(H,20,22). The molecule has 2 N–H and O–H groups in total. The Bertz CT molecular complexity index is 811. The van der Waals surface area contributed by atoms with Gasteiger partial charge >= 0.3 is 0 Å². The summed E-state index contributed by atoms with van der Waals surface area (Å²) in [6.07, 6.45) is 3.45. The van der Waals surface area contributed by atoms with Crippen molar-refractivity contribution in [3.8, 4) is 5.75 Å². The van der Waals surface area contributed by atoms with Gasteiger partial charge in [0, 0.05) is 21.3 Å². The molecule has 0 atom stereocenters. The van der Waals surface area contributed by atoms with Crippen LogP contribution in [0.4, 0.5) is 0 Å². The van der Waals surface area contributed by atoms with Crippen LogP contribution in [0.25, 0.3) is 11.8 Å². The van der Waals surface area contributed by atoms with Crippen LogP contribution in [0, 0.1) is 0 Å². The predicted molar refractivity (Wildman–Crippen MR) is 94.0 cm³/mol. The fourth-order valence-electron chi connectivity index (χ4n) is 2.20. The average Bonchev–Trinajstić information content (AvgIpc) is 2.86. The lowest BCUT2D eigenvalue weighted by Crippen LogP contribution is -2.15. The van der Waals surface area contributed by atoms with Gasteiger partial charge in [0.2, 0.25) is 0 Å². The molecule has 5 heteroatoms. The van der Waals surface area contributed by atoms with E-state index in [1.165, 1.54) is 0 Å². The van der Waals surface area contributed by atoms with E-state index >= 15 is 0 Å². The Morgan fingerprint density at radius 2 is 1.82 bits per heavy atom. The van der Waals surface area contributed by atoms with Crippen LogP contribution in [0.1, 0.15) is 11.1 Å². The van der Waals surface area contributed by atoms with Crippen molar-refractivity contribution >= 4 is 49.5 Å². The zero-order valence-electron chi connectivity index (χ0n) is 11.3. The predicted octanol–water partition coefficient (Wildman–Crippen LogP) is 4.47. The van der Waals surface area contributed by atoms with Crippen molar-refractivity contribution in [2.75, 3.05) is 0 Å². The number of halogens is 2. The minimum Gasteiger partial charge on any atom is -0.506 e. The summed E-state index contributed by atoms with van der Waals surface area (Å²) in [6, 6.07) is 13.1. The zero-order valence-corrected chi connectivity index (χ0v) is 14.5. The molecule has 1 aliphatic heterocycles. The molecule has 2 aromatic rings. The molecule has 3 nitrogen and oxygen atoms in total. The van der Waals surface area contributed by atoms with Gasteiger partial charge in [0.15, 0.2) is 0 Å². The molecule has 3 rings (SSSR count). The molecule has 1 heterocycles. The number of rotatable bonds is 2. The van der Waals surface area contributed by atoms with E-state index in [0.717, 1.165) is 15.7 Å². The first kappa shape index (κ1) is 15.1. The van der Waals surface area contributed by atoms with Crippen molar-refractivity contribution < 1.29 is 9.90 Å². The number of carbonyl (C=O) groups excluding carboxylic acids is 1. The van der Waals surface area contributed by atoms with Crippen molar-refractivity contribution in [3.05, 3.63) is 74.2 Å². The van der Waals surface area contributed by atoms with E-state index in [-0.39, 0.29) is 11.7 Å². The highest BCUT2D eigenvalue weighted by Crippen LogP contribution is 2.34. The molecule has 0 bridgehead atoms. The quantitative estimate of drug-likeness (QED) is 0.704. The first-order chi connectivity index (χ1) is 10.5. The van der Waals surface area contributed by atoms with Gasteiger partial charge in [-0.25, -0.2) is 0 Å². The summed E-state index contributed by atoms with van der Waals surface area (Å²) >= 11 is 6.66. The number of phenols is 1. The molecule has 110 valence electrons. The molecule has 0 saturated carbocycles. The monoisotopic (exact) mass is 419 g/mol. The maximum absolute atomic E-state index is 12.1. The van der Waals surface area contributed by atoms with Crippen molar-refractivity contribution in [3.63, 3.8) is 0 Å². The normalized spacial score (nSPS) is 15.8. The van der Waals surface area contributed by atoms with Crippen molar-refractivity contribution in [1.82, 2.24) is 5.32 Å². The largest absolute Gasteiger partial charge is 0.506 e. The molecule has 2 aromatic carbocycles. The van der Waals surface area contributed by atoms with Gasteiger partial charge in [-0.2, -0.15) is 0 Å². The SMILES string of the molecule is O=C1NC(c2ccccc2)=CC1=Cc1cc(Br)cc(Br)c1O. The van der Waals surface area contributed by atoms with Crippen LogP contribution in [0.3, 0.4) is 0 Å². The molecule has 0 saturated heterocycles. The highest BCUT2D eigenvalue weighted by Gasteiger charge is 2.19. The summed E-state index contributed by atoms with van der Waals surface area (Å²) in [6.45, 7) is 0. The summed E-state index contributed by atoms with van der Waals surface area (Å²) in [4.78, 5) is 12.1. The van der Waals surface area contributed by atoms with Gasteiger partial charge in [0.25, 0.3) is 5.91 Å². The van der Waals surface area contributed by atoms with E-state index in [4.69, 9.17) is 0 Å². The summed E-state index contributed by atoms with van der Waals surface area (Å²) in [5.41, 5.74) is 2.76. The number of benzene rings is 2. The molecule has 0 fully saturated rings. The van der Waals surface area contributed by atoms with Gasteiger partial charge < -0.3 is 10.4 Å². The smallest absolute Gasteiger partial charge is 0.255 e. The average molecular weight is 421 g/mol. The third-order valence-corrected chi connectivity index (χ3v) is 4.33. The molecule has 1 amide bonds. The van der Waals surface area contributed by atoms with Crippen molar-refractivity contribution in [2.45, 2.75) is 0 Å². The van der Waals surface area contributed by atoms with Crippen LogP contribution < -0.4 is 5.32 Å². The van der Waals surface area contributed by atoms with Crippen LogP contribution >= 0.6 is 31.9 Å². The van der Waals surface area contributed by atoms with Gasteiger partial charge in [-0.05, 0) is 45.8 Å². The summed E-state index contributed by atoms with van der Waals surface area (Å²) < 4.78 is 1.38. The molecular formula is C17H11Br2NO2. The molecule has 0 aromatic heterocycles. The van der Waals surface area contributed by atoms with Crippen molar-refractivity contribution in [1.29, 1.82) is 0 Å². The van der Waals surface area contributed by atoms with Gasteiger partial charge in [-0.1, -0.05) is 46.3 Å². The molecule has 1 aliphatic rings. The second-order valence-electron chi connectivity index (χ2n) is 4.80.